The average molecular weight is 767 g/mol. The Morgan fingerprint density at radius 3 is 0.776 bits per heavy atom. The lowest BCUT2D eigenvalue weighted by Crippen LogP contribution is -2.10. The largest absolute Gasteiger partial charge is 0.465 e. The number of carbonyl (C=O) groups is 3. The second-order valence-electron chi connectivity index (χ2n) is 13.2. The van der Waals surface area contributed by atoms with Crippen molar-refractivity contribution in [3.63, 3.8) is 0 Å². The van der Waals surface area contributed by atoms with Crippen LogP contribution in [0.15, 0.2) is 0 Å². The molecule has 0 aromatic heterocycles. The van der Waals surface area contributed by atoms with Crippen LogP contribution in [-0.2, 0) is 28.6 Å². The molecule has 0 aliphatic rings. The van der Waals surface area contributed by atoms with Crippen molar-refractivity contribution in [3.05, 3.63) is 0 Å². The maximum absolute atomic E-state index is 12.5. The molecule has 0 N–H and O–H groups in total. The van der Waals surface area contributed by atoms with E-state index in [1.807, 2.05) is 0 Å². The van der Waals surface area contributed by atoms with Crippen molar-refractivity contribution >= 4 is 57.6 Å². The Kier molecular flexibility index (Phi) is 40.6. The summed E-state index contributed by atoms with van der Waals surface area (Å²) in [5.74, 6) is 0.00988. The Balaban J connectivity index is 4.32. The number of rotatable bonds is 39. The van der Waals surface area contributed by atoms with Gasteiger partial charge in [0.2, 0.25) is 0 Å². The number of unbranched alkanes of at least 4 members (excludes halogenated alkanes) is 24. The van der Waals surface area contributed by atoms with E-state index in [0.717, 1.165) is 38.5 Å². The smallest absolute Gasteiger partial charge is 0.316 e. The predicted octanol–water partition coefficient (Wildman–Crippen LogP) is 13.6. The minimum Gasteiger partial charge on any atom is -0.465 e. The van der Waals surface area contributed by atoms with Crippen LogP contribution in [0.1, 0.15) is 194 Å². The summed E-state index contributed by atoms with van der Waals surface area (Å²) in [6.07, 6.45) is 33.1. The monoisotopic (exact) mass is 766 g/mol. The van der Waals surface area contributed by atoms with E-state index in [-0.39, 0.29) is 35.2 Å². The van der Waals surface area contributed by atoms with Crippen LogP contribution < -0.4 is 0 Å². The third-order valence-electron chi connectivity index (χ3n) is 8.40. The van der Waals surface area contributed by atoms with Crippen molar-refractivity contribution in [1.29, 1.82) is 0 Å². The van der Waals surface area contributed by atoms with E-state index in [9.17, 15) is 14.4 Å². The molecule has 290 valence electrons. The molecule has 0 spiro atoms. The van der Waals surface area contributed by atoms with Crippen LogP contribution in [0.25, 0.3) is 0 Å². The van der Waals surface area contributed by atoms with Crippen molar-refractivity contribution in [2.75, 3.05) is 37.1 Å². The topological polar surface area (TPSA) is 78.9 Å². The fourth-order valence-corrected chi connectivity index (χ4v) is 13.9. The molecule has 6 nitrogen and oxygen atoms in total. The summed E-state index contributed by atoms with van der Waals surface area (Å²) in [7, 11) is 0. The average Bonchev–Trinajstić information content (AvgIpc) is 3.10. The van der Waals surface area contributed by atoms with Gasteiger partial charge >= 0.3 is 17.9 Å². The van der Waals surface area contributed by atoms with Crippen molar-refractivity contribution in [3.8, 4) is 0 Å². The summed E-state index contributed by atoms with van der Waals surface area (Å²) >= 11 is 4.45. The van der Waals surface area contributed by atoms with E-state index in [1.165, 1.54) is 169 Å². The van der Waals surface area contributed by atoms with E-state index in [1.54, 1.807) is 0 Å². The van der Waals surface area contributed by atoms with Gasteiger partial charge in [0.15, 0.2) is 0 Å². The van der Waals surface area contributed by atoms with Crippen molar-refractivity contribution in [1.82, 2.24) is 0 Å². The maximum Gasteiger partial charge on any atom is 0.316 e. The first-order valence-corrected chi connectivity index (χ1v) is 26.3. The van der Waals surface area contributed by atoms with Crippen molar-refractivity contribution in [2.24, 2.45) is 0 Å². The molecule has 0 radical (unpaired) electrons. The van der Waals surface area contributed by atoms with E-state index >= 15 is 0 Å². The van der Waals surface area contributed by atoms with Crippen molar-refractivity contribution < 1.29 is 28.6 Å². The molecule has 0 rings (SSSR count). The van der Waals surface area contributed by atoms with Gasteiger partial charge in [0.25, 0.3) is 0 Å². The third kappa shape index (κ3) is 38.9. The summed E-state index contributed by atoms with van der Waals surface area (Å²) in [6, 6.07) is 0. The summed E-state index contributed by atoms with van der Waals surface area (Å²) in [5.41, 5.74) is -0.911. The number of hydrogen-bond donors (Lipinski definition) is 0. The number of carbonyl (C=O) groups excluding carboxylic acids is 3. The van der Waals surface area contributed by atoms with Crippen LogP contribution in [-0.4, -0.2) is 55.0 Å². The van der Waals surface area contributed by atoms with E-state index in [0.29, 0.717) is 19.8 Å². The molecule has 0 atom stereocenters. The van der Waals surface area contributed by atoms with Crippen LogP contribution in [0.4, 0.5) is 0 Å². The van der Waals surface area contributed by atoms with E-state index in [4.69, 9.17) is 14.2 Å². The summed E-state index contributed by atoms with van der Waals surface area (Å²) in [4.78, 5) is 37.4. The van der Waals surface area contributed by atoms with Crippen LogP contribution in [0, 0.1) is 0 Å². The van der Waals surface area contributed by atoms with Gasteiger partial charge in [0.1, 0.15) is 0 Å². The summed E-state index contributed by atoms with van der Waals surface area (Å²) in [5, 5.41) is 0. The minimum atomic E-state index is -0.911. The second kappa shape index (κ2) is 40.7. The first kappa shape index (κ1) is 48.9. The molecule has 0 saturated carbocycles. The number of hydrogen-bond acceptors (Lipinski definition) is 9. The Labute approximate surface area is 316 Å². The predicted molar refractivity (Wildman–Crippen MR) is 219 cm³/mol. The molecule has 0 amide bonds. The van der Waals surface area contributed by atoms with Crippen LogP contribution in [0.5, 0.6) is 0 Å². The zero-order chi connectivity index (χ0) is 35.9. The van der Waals surface area contributed by atoms with Crippen LogP contribution >= 0.6 is 39.7 Å². The lowest BCUT2D eigenvalue weighted by Gasteiger charge is -2.15. The van der Waals surface area contributed by atoms with Gasteiger partial charge in [-0.3, -0.25) is 14.4 Å². The van der Waals surface area contributed by atoms with Gasteiger partial charge in [-0.05, 0) is 19.3 Å². The molecule has 0 aromatic carbocycles. The van der Waals surface area contributed by atoms with Gasteiger partial charge in [-0.2, -0.15) is 0 Å². The van der Waals surface area contributed by atoms with Gasteiger partial charge in [-0.15, -0.1) is 34.1 Å². The van der Waals surface area contributed by atoms with Gasteiger partial charge in [0.05, 0.1) is 42.6 Å². The quantitative estimate of drug-likeness (QED) is 0.0263. The summed E-state index contributed by atoms with van der Waals surface area (Å²) < 4.78 is 16.5. The molecule has 0 fully saturated rings. The lowest BCUT2D eigenvalue weighted by atomic mass is 10.1. The van der Waals surface area contributed by atoms with Crippen LogP contribution in [0.2, 0.25) is 0 Å². The molecule has 0 bridgehead atoms. The zero-order valence-corrected chi connectivity index (χ0v) is 35.3. The standard InChI is InChI=1S/C39H75O6PS3/c1-4-7-10-13-16-19-22-25-28-31-43-37(40)34-47-46(48-35-38(41)44-32-29-26-23-20-17-14-11-8-5-2)49-36-39(42)45-33-30-27-24-21-18-15-12-9-6-3/h4-36H2,1-3H3. The molecule has 10 heteroatoms. The number of esters is 3. The molecule has 0 aliphatic heterocycles. The zero-order valence-electron chi connectivity index (χ0n) is 32.0. The second-order valence-corrected chi connectivity index (χ2v) is 23.0. The lowest BCUT2D eigenvalue weighted by molar-refractivity contribution is -0.141. The molecular weight excluding hydrogens is 692 g/mol. The molecule has 49 heavy (non-hydrogen) atoms. The molecule has 0 heterocycles. The molecular formula is C39H75O6PS3. The highest BCUT2D eigenvalue weighted by Gasteiger charge is 2.19. The summed E-state index contributed by atoms with van der Waals surface area (Å²) in [6.45, 7) is 8.11. The molecule has 0 aliphatic carbocycles. The van der Waals surface area contributed by atoms with Crippen molar-refractivity contribution in [2.45, 2.75) is 194 Å². The Morgan fingerprint density at radius 1 is 0.347 bits per heavy atom. The van der Waals surface area contributed by atoms with Gasteiger partial charge in [0, 0.05) is 0 Å². The van der Waals surface area contributed by atoms with Crippen LogP contribution in [0.3, 0.4) is 0 Å². The van der Waals surface area contributed by atoms with E-state index < -0.39 is 5.53 Å². The van der Waals surface area contributed by atoms with Gasteiger partial charge in [-0.1, -0.05) is 175 Å². The fourth-order valence-electron chi connectivity index (χ4n) is 5.35. The highest BCUT2D eigenvalue weighted by molar-refractivity contribution is 9.12. The highest BCUT2D eigenvalue weighted by atomic mass is 33.4. The number of ether oxygens (including phenoxy) is 3. The first-order valence-electron chi connectivity index (χ1n) is 20.2. The maximum atomic E-state index is 12.5. The third-order valence-corrected chi connectivity index (χ3v) is 18.9. The van der Waals surface area contributed by atoms with Gasteiger partial charge < -0.3 is 14.2 Å². The normalized spacial score (nSPS) is 11.3. The minimum absolute atomic E-state index is 0.223. The Hall–Kier alpha value is -0.110. The SMILES string of the molecule is CCCCCCCCCCCOC(=O)CSP(SCC(=O)OCCCCCCCCCCC)SCC(=O)OCCCCCCCCCCC. The van der Waals surface area contributed by atoms with Gasteiger partial charge in [-0.25, -0.2) is 0 Å². The molecule has 0 unspecified atom stereocenters. The fraction of sp³-hybridized carbons (Fsp3) is 0.923. The first-order chi connectivity index (χ1) is 24.0. The molecule has 0 aromatic rings. The molecule has 0 saturated heterocycles. The Morgan fingerprint density at radius 2 is 0.551 bits per heavy atom. The van der Waals surface area contributed by atoms with E-state index in [2.05, 4.69) is 20.8 Å². The highest BCUT2D eigenvalue weighted by Crippen LogP contribution is 2.70. The Bertz CT molecular complexity index is 650.